The van der Waals surface area contributed by atoms with Crippen molar-refractivity contribution in [1.29, 1.82) is 0 Å². The van der Waals surface area contributed by atoms with Crippen LogP contribution in [0.5, 0.6) is 0 Å². The molecule has 0 radical (unpaired) electrons. The van der Waals surface area contributed by atoms with Crippen LogP contribution in [-0.4, -0.2) is 36.3 Å². The summed E-state index contributed by atoms with van der Waals surface area (Å²) >= 11 is 0. The number of amides is 2. The summed E-state index contributed by atoms with van der Waals surface area (Å²) in [5.74, 6) is 0.560. The maximum Gasteiger partial charge on any atom is 0.224 e. The fourth-order valence-corrected chi connectivity index (χ4v) is 2.77. The highest BCUT2D eigenvalue weighted by atomic mass is 16.2. The van der Waals surface area contributed by atoms with Crippen molar-refractivity contribution in [1.82, 2.24) is 4.90 Å². The fraction of sp³-hybridized carbons (Fsp3) is 0.600. The molecule has 0 aliphatic rings. The second kappa shape index (κ2) is 10.1. The molecule has 134 valence electrons. The maximum atomic E-state index is 12.4. The van der Waals surface area contributed by atoms with E-state index in [1.807, 2.05) is 17.0 Å². The van der Waals surface area contributed by atoms with Crippen LogP contribution in [0.4, 0.5) is 5.69 Å². The Kier molecular flexibility index (Phi) is 8.51. The van der Waals surface area contributed by atoms with Crippen LogP contribution in [-0.2, 0) is 9.59 Å². The zero-order valence-electron chi connectivity index (χ0n) is 15.8. The molecular weight excluding hydrogens is 300 g/mol. The molecule has 0 aliphatic heterocycles. The lowest BCUT2D eigenvalue weighted by Gasteiger charge is -2.25. The van der Waals surface area contributed by atoms with E-state index in [0.717, 1.165) is 31.6 Å². The number of hydrogen-bond acceptors (Lipinski definition) is 2. The minimum atomic E-state index is -0.0300. The Hall–Kier alpha value is -1.84. The normalized spacial score (nSPS) is 10.8. The summed E-state index contributed by atoms with van der Waals surface area (Å²) in [5, 5.41) is 0. The number of carbonyl (C=O) groups excluding carboxylic acids is 2. The monoisotopic (exact) mass is 332 g/mol. The average Bonchev–Trinajstić information content (AvgIpc) is 2.54. The predicted molar refractivity (Wildman–Crippen MR) is 100 cm³/mol. The number of nitrogens with zero attached hydrogens (tertiary/aromatic N) is 2. The van der Waals surface area contributed by atoms with Crippen molar-refractivity contribution in [2.24, 2.45) is 0 Å². The molecule has 4 heteroatoms. The SMILES string of the molecule is CCCN(CCC)C(=O)CCN(C(C)=O)c1ccc(C(C)C)cc1. The smallest absolute Gasteiger partial charge is 0.224 e. The first-order valence-electron chi connectivity index (χ1n) is 9.06. The Balaban J connectivity index is 2.75. The van der Waals surface area contributed by atoms with Gasteiger partial charge in [0, 0.05) is 38.7 Å². The second-order valence-electron chi connectivity index (χ2n) is 6.55. The summed E-state index contributed by atoms with van der Waals surface area (Å²) < 4.78 is 0. The molecule has 0 unspecified atom stereocenters. The van der Waals surface area contributed by atoms with E-state index in [4.69, 9.17) is 0 Å². The first-order chi connectivity index (χ1) is 11.4. The molecular formula is C20H32N2O2. The summed E-state index contributed by atoms with van der Waals surface area (Å²) in [5.41, 5.74) is 2.10. The molecule has 1 aromatic carbocycles. The van der Waals surface area contributed by atoms with Crippen molar-refractivity contribution >= 4 is 17.5 Å². The van der Waals surface area contributed by atoms with E-state index < -0.39 is 0 Å². The molecule has 0 saturated heterocycles. The molecule has 0 heterocycles. The number of anilines is 1. The standard InChI is InChI=1S/C20H32N2O2/c1-6-13-21(14-7-2)20(24)12-15-22(17(5)23)19-10-8-18(9-11-19)16(3)4/h8-11,16H,6-7,12-15H2,1-5H3. The van der Waals surface area contributed by atoms with Gasteiger partial charge in [-0.05, 0) is 36.5 Å². The second-order valence-corrected chi connectivity index (χ2v) is 6.55. The first kappa shape index (κ1) is 20.2. The van der Waals surface area contributed by atoms with E-state index in [2.05, 4.69) is 39.8 Å². The van der Waals surface area contributed by atoms with Crippen LogP contribution in [0.15, 0.2) is 24.3 Å². The third-order valence-corrected chi connectivity index (χ3v) is 4.14. The van der Waals surface area contributed by atoms with Crippen LogP contribution in [0, 0.1) is 0 Å². The molecule has 4 nitrogen and oxygen atoms in total. The van der Waals surface area contributed by atoms with Crippen LogP contribution in [0.3, 0.4) is 0 Å². The van der Waals surface area contributed by atoms with E-state index in [1.54, 1.807) is 11.8 Å². The molecule has 0 spiro atoms. The maximum absolute atomic E-state index is 12.4. The van der Waals surface area contributed by atoms with Gasteiger partial charge >= 0.3 is 0 Å². The zero-order valence-corrected chi connectivity index (χ0v) is 15.8. The van der Waals surface area contributed by atoms with Crippen molar-refractivity contribution < 1.29 is 9.59 Å². The molecule has 1 rings (SSSR count). The highest BCUT2D eigenvalue weighted by molar-refractivity contribution is 5.92. The Bertz CT molecular complexity index is 517. The number of benzene rings is 1. The van der Waals surface area contributed by atoms with E-state index in [-0.39, 0.29) is 11.8 Å². The summed E-state index contributed by atoms with van der Waals surface area (Å²) in [4.78, 5) is 28.0. The van der Waals surface area contributed by atoms with Gasteiger partial charge in [0.2, 0.25) is 11.8 Å². The Morgan fingerprint density at radius 2 is 1.50 bits per heavy atom. The van der Waals surface area contributed by atoms with Gasteiger partial charge in [0.25, 0.3) is 0 Å². The van der Waals surface area contributed by atoms with Gasteiger partial charge in [0.1, 0.15) is 0 Å². The molecule has 0 fully saturated rings. The summed E-state index contributed by atoms with van der Waals surface area (Å²) in [6, 6.07) is 8.05. The van der Waals surface area contributed by atoms with E-state index >= 15 is 0 Å². The lowest BCUT2D eigenvalue weighted by Crippen LogP contribution is -2.37. The molecule has 0 atom stereocenters. The quantitative estimate of drug-likeness (QED) is 0.680. The van der Waals surface area contributed by atoms with Gasteiger partial charge in [-0.2, -0.15) is 0 Å². The zero-order chi connectivity index (χ0) is 18.1. The Morgan fingerprint density at radius 1 is 0.958 bits per heavy atom. The molecule has 0 aromatic heterocycles. The van der Waals surface area contributed by atoms with Gasteiger partial charge in [-0.1, -0.05) is 39.8 Å². The number of carbonyl (C=O) groups is 2. The van der Waals surface area contributed by atoms with Crippen molar-refractivity contribution in [2.75, 3.05) is 24.5 Å². The van der Waals surface area contributed by atoms with Crippen LogP contribution in [0.1, 0.15) is 65.4 Å². The fourth-order valence-electron chi connectivity index (χ4n) is 2.77. The molecule has 0 aliphatic carbocycles. The van der Waals surface area contributed by atoms with Crippen molar-refractivity contribution in [3.05, 3.63) is 29.8 Å². The summed E-state index contributed by atoms with van der Waals surface area (Å²) in [6.45, 7) is 12.0. The molecule has 24 heavy (non-hydrogen) atoms. The largest absolute Gasteiger partial charge is 0.343 e. The average molecular weight is 332 g/mol. The minimum Gasteiger partial charge on any atom is -0.343 e. The van der Waals surface area contributed by atoms with Crippen LogP contribution in [0.2, 0.25) is 0 Å². The van der Waals surface area contributed by atoms with Crippen molar-refractivity contribution in [2.45, 2.75) is 59.8 Å². The van der Waals surface area contributed by atoms with Crippen LogP contribution in [0.25, 0.3) is 0 Å². The Morgan fingerprint density at radius 3 is 1.92 bits per heavy atom. The number of rotatable bonds is 9. The Labute approximate surface area is 146 Å². The number of hydrogen-bond donors (Lipinski definition) is 0. The molecule has 0 N–H and O–H groups in total. The molecule has 2 amide bonds. The molecule has 0 bridgehead atoms. The lowest BCUT2D eigenvalue weighted by atomic mass is 10.0. The topological polar surface area (TPSA) is 40.6 Å². The van der Waals surface area contributed by atoms with Crippen LogP contribution >= 0.6 is 0 Å². The lowest BCUT2D eigenvalue weighted by molar-refractivity contribution is -0.131. The van der Waals surface area contributed by atoms with Gasteiger partial charge in [-0.25, -0.2) is 0 Å². The molecule has 1 aromatic rings. The van der Waals surface area contributed by atoms with Crippen LogP contribution < -0.4 is 4.90 Å². The van der Waals surface area contributed by atoms with Gasteiger partial charge in [-0.15, -0.1) is 0 Å². The van der Waals surface area contributed by atoms with Gasteiger partial charge in [0.15, 0.2) is 0 Å². The highest BCUT2D eigenvalue weighted by Crippen LogP contribution is 2.20. The van der Waals surface area contributed by atoms with Gasteiger partial charge in [0.05, 0.1) is 0 Å². The summed E-state index contributed by atoms with van der Waals surface area (Å²) in [6.07, 6.45) is 2.28. The van der Waals surface area contributed by atoms with Crippen molar-refractivity contribution in [3.8, 4) is 0 Å². The highest BCUT2D eigenvalue weighted by Gasteiger charge is 2.17. The van der Waals surface area contributed by atoms with E-state index in [1.165, 1.54) is 5.56 Å². The minimum absolute atomic E-state index is 0.0300. The third-order valence-electron chi connectivity index (χ3n) is 4.14. The van der Waals surface area contributed by atoms with Gasteiger partial charge in [-0.3, -0.25) is 9.59 Å². The van der Waals surface area contributed by atoms with E-state index in [0.29, 0.717) is 18.9 Å². The third kappa shape index (κ3) is 5.99. The van der Waals surface area contributed by atoms with Crippen molar-refractivity contribution in [3.63, 3.8) is 0 Å². The summed E-state index contributed by atoms with van der Waals surface area (Å²) in [7, 11) is 0. The first-order valence-corrected chi connectivity index (χ1v) is 9.06. The molecule has 0 saturated carbocycles. The van der Waals surface area contributed by atoms with Gasteiger partial charge < -0.3 is 9.80 Å². The van der Waals surface area contributed by atoms with E-state index in [9.17, 15) is 9.59 Å². The predicted octanol–water partition coefficient (Wildman–Crippen LogP) is 4.20.